The molecule has 1 fully saturated rings. The van der Waals surface area contributed by atoms with E-state index in [4.69, 9.17) is 21.1 Å². The van der Waals surface area contributed by atoms with E-state index >= 15 is 0 Å². The molecule has 1 aromatic carbocycles. The number of piperazine rings is 1. The summed E-state index contributed by atoms with van der Waals surface area (Å²) < 4.78 is 11.0. The van der Waals surface area contributed by atoms with Gasteiger partial charge < -0.3 is 19.3 Å². The molecule has 0 radical (unpaired) electrons. The summed E-state index contributed by atoms with van der Waals surface area (Å²) in [6.07, 6.45) is 0.347. The number of fused-ring (bicyclic) bond motifs is 1. The molecule has 3 rings (SSSR count). The second-order valence-electron chi connectivity index (χ2n) is 5.46. The van der Waals surface area contributed by atoms with E-state index in [-0.39, 0.29) is 5.91 Å². The number of benzene rings is 1. The molecular weight excluding hydrogens is 292 g/mol. The average molecular weight is 311 g/mol. The van der Waals surface area contributed by atoms with Gasteiger partial charge in [-0.25, -0.2) is 0 Å². The lowest BCUT2D eigenvalue weighted by atomic mass is 10.1. The zero-order valence-electron chi connectivity index (χ0n) is 12.1. The smallest absolute Gasteiger partial charge is 0.227 e. The van der Waals surface area contributed by atoms with E-state index in [2.05, 4.69) is 11.9 Å². The molecule has 1 amide bonds. The van der Waals surface area contributed by atoms with Gasteiger partial charge in [0.15, 0.2) is 11.5 Å². The third-order valence-electron chi connectivity index (χ3n) is 3.87. The first kappa shape index (κ1) is 14.5. The summed E-state index contributed by atoms with van der Waals surface area (Å²) in [5.41, 5.74) is 0.869. The molecule has 2 aliphatic heterocycles. The summed E-state index contributed by atoms with van der Waals surface area (Å²) in [5, 5.41) is 0.508. The zero-order chi connectivity index (χ0) is 14.8. The fourth-order valence-electron chi connectivity index (χ4n) is 2.61. The Kier molecular flexibility index (Phi) is 4.22. The first-order chi connectivity index (χ1) is 10.1. The van der Waals surface area contributed by atoms with E-state index in [1.54, 1.807) is 6.07 Å². The van der Waals surface area contributed by atoms with Crippen LogP contribution in [0.4, 0.5) is 0 Å². The van der Waals surface area contributed by atoms with E-state index in [0.717, 1.165) is 31.7 Å². The van der Waals surface area contributed by atoms with E-state index in [1.165, 1.54) is 0 Å². The number of hydrogen-bond donors (Lipinski definition) is 0. The Morgan fingerprint density at radius 3 is 2.67 bits per heavy atom. The van der Waals surface area contributed by atoms with Crippen LogP contribution >= 0.6 is 11.6 Å². The number of halogens is 1. The molecule has 0 saturated carbocycles. The molecule has 0 spiro atoms. The molecule has 1 saturated heterocycles. The van der Waals surface area contributed by atoms with E-state index in [0.29, 0.717) is 36.2 Å². The predicted octanol–water partition coefficient (Wildman–Crippen LogP) is 1.43. The van der Waals surface area contributed by atoms with Crippen LogP contribution in [-0.2, 0) is 11.2 Å². The Morgan fingerprint density at radius 2 is 1.90 bits per heavy atom. The van der Waals surface area contributed by atoms with Crippen molar-refractivity contribution in [2.45, 2.75) is 6.42 Å². The molecule has 5 nitrogen and oxygen atoms in total. The Morgan fingerprint density at radius 1 is 1.19 bits per heavy atom. The van der Waals surface area contributed by atoms with E-state index in [9.17, 15) is 4.79 Å². The molecule has 114 valence electrons. The highest BCUT2D eigenvalue weighted by atomic mass is 35.5. The van der Waals surface area contributed by atoms with Crippen molar-refractivity contribution < 1.29 is 14.3 Å². The Labute approximate surface area is 129 Å². The molecule has 6 heteroatoms. The average Bonchev–Trinajstić information content (AvgIpc) is 2.48. The van der Waals surface area contributed by atoms with Gasteiger partial charge in [-0.2, -0.15) is 0 Å². The molecule has 0 aliphatic carbocycles. The van der Waals surface area contributed by atoms with Crippen LogP contribution in [0.25, 0.3) is 0 Å². The van der Waals surface area contributed by atoms with Crippen LogP contribution in [-0.4, -0.2) is 62.1 Å². The molecule has 0 bridgehead atoms. The van der Waals surface area contributed by atoms with Gasteiger partial charge in [-0.3, -0.25) is 4.79 Å². The Bertz CT molecular complexity index is 542. The molecule has 21 heavy (non-hydrogen) atoms. The van der Waals surface area contributed by atoms with Crippen LogP contribution in [0.2, 0.25) is 5.02 Å². The summed E-state index contributed by atoms with van der Waals surface area (Å²) in [5.74, 6) is 1.35. The van der Waals surface area contributed by atoms with Gasteiger partial charge in [-0.15, -0.1) is 0 Å². The lowest BCUT2D eigenvalue weighted by Crippen LogP contribution is -2.47. The molecule has 0 atom stereocenters. The predicted molar refractivity (Wildman–Crippen MR) is 80.2 cm³/mol. The molecule has 2 heterocycles. The lowest BCUT2D eigenvalue weighted by molar-refractivity contribution is -0.132. The highest BCUT2D eigenvalue weighted by Crippen LogP contribution is 2.38. The van der Waals surface area contributed by atoms with Crippen LogP contribution < -0.4 is 9.47 Å². The number of ether oxygens (including phenoxy) is 2. The summed E-state index contributed by atoms with van der Waals surface area (Å²) in [6.45, 7) is 4.44. The van der Waals surface area contributed by atoms with Gasteiger partial charge in [0.2, 0.25) is 5.91 Å². The molecular formula is C15H19ClN2O3. The quantitative estimate of drug-likeness (QED) is 0.829. The minimum Gasteiger partial charge on any atom is -0.486 e. The molecule has 1 aromatic rings. The van der Waals surface area contributed by atoms with E-state index < -0.39 is 0 Å². The largest absolute Gasteiger partial charge is 0.486 e. The lowest BCUT2D eigenvalue weighted by Gasteiger charge is -2.32. The van der Waals surface area contributed by atoms with Gasteiger partial charge in [0, 0.05) is 26.2 Å². The number of carbonyl (C=O) groups is 1. The number of hydrogen-bond acceptors (Lipinski definition) is 4. The van der Waals surface area contributed by atoms with Crippen LogP contribution in [0.3, 0.4) is 0 Å². The number of nitrogens with zero attached hydrogens (tertiary/aromatic N) is 2. The van der Waals surface area contributed by atoms with Crippen LogP contribution in [0, 0.1) is 0 Å². The highest BCUT2D eigenvalue weighted by molar-refractivity contribution is 6.32. The van der Waals surface area contributed by atoms with Crippen molar-refractivity contribution in [1.29, 1.82) is 0 Å². The fourth-order valence-corrected chi connectivity index (χ4v) is 2.90. The second-order valence-corrected chi connectivity index (χ2v) is 5.87. The summed E-state index contributed by atoms with van der Waals surface area (Å²) >= 11 is 6.20. The van der Waals surface area contributed by atoms with Crippen molar-refractivity contribution in [2.75, 3.05) is 46.4 Å². The molecule has 2 aliphatic rings. The van der Waals surface area contributed by atoms with Gasteiger partial charge in [-0.1, -0.05) is 11.6 Å². The third kappa shape index (κ3) is 3.24. The van der Waals surface area contributed by atoms with Crippen LogP contribution in [0.5, 0.6) is 11.5 Å². The van der Waals surface area contributed by atoms with Crippen molar-refractivity contribution in [3.8, 4) is 11.5 Å². The van der Waals surface area contributed by atoms with Crippen molar-refractivity contribution >= 4 is 17.5 Å². The monoisotopic (exact) mass is 310 g/mol. The number of likely N-dealkylation sites (N-methyl/N-ethyl adjacent to an activating group) is 1. The van der Waals surface area contributed by atoms with Crippen molar-refractivity contribution in [2.24, 2.45) is 0 Å². The maximum absolute atomic E-state index is 12.3. The summed E-state index contributed by atoms with van der Waals surface area (Å²) in [6, 6.07) is 3.65. The second kappa shape index (κ2) is 6.12. The summed E-state index contributed by atoms with van der Waals surface area (Å²) in [4.78, 5) is 16.5. The SMILES string of the molecule is CN1CCN(C(=O)Cc2cc(Cl)c3c(c2)OCCO3)CC1. The maximum atomic E-state index is 12.3. The Hall–Kier alpha value is -1.46. The Balaban J connectivity index is 1.70. The van der Waals surface area contributed by atoms with Crippen molar-refractivity contribution in [3.63, 3.8) is 0 Å². The minimum absolute atomic E-state index is 0.135. The number of amides is 1. The fraction of sp³-hybridized carbons (Fsp3) is 0.533. The van der Waals surface area contributed by atoms with Crippen molar-refractivity contribution in [1.82, 2.24) is 9.80 Å². The minimum atomic E-state index is 0.135. The van der Waals surface area contributed by atoms with Crippen LogP contribution in [0.1, 0.15) is 5.56 Å². The molecule has 0 N–H and O–H groups in total. The first-order valence-corrected chi connectivity index (χ1v) is 7.55. The normalized spacial score (nSPS) is 18.7. The number of carbonyl (C=O) groups excluding carboxylic acids is 1. The highest BCUT2D eigenvalue weighted by Gasteiger charge is 2.21. The van der Waals surface area contributed by atoms with Crippen LogP contribution in [0.15, 0.2) is 12.1 Å². The number of rotatable bonds is 2. The van der Waals surface area contributed by atoms with Gasteiger partial charge in [-0.05, 0) is 24.7 Å². The third-order valence-corrected chi connectivity index (χ3v) is 4.15. The van der Waals surface area contributed by atoms with Gasteiger partial charge in [0.1, 0.15) is 13.2 Å². The molecule has 0 aromatic heterocycles. The van der Waals surface area contributed by atoms with Gasteiger partial charge >= 0.3 is 0 Å². The maximum Gasteiger partial charge on any atom is 0.227 e. The summed E-state index contributed by atoms with van der Waals surface area (Å²) in [7, 11) is 2.07. The van der Waals surface area contributed by atoms with Gasteiger partial charge in [0.05, 0.1) is 11.4 Å². The topological polar surface area (TPSA) is 42.0 Å². The zero-order valence-corrected chi connectivity index (χ0v) is 12.9. The first-order valence-electron chi connectivity index (χ1n) is 7.18. The standard InChI is InChI=1S/C15H19ClN2O3/c1-17-2-4-18(5-3-17)14(19)10-11-8-12(16)15-13(9-11)20-6-7-21-15/h8-9H,2-7,10H2,1H3. The van der Waals surface area contributed by atoms with Gasteiger partial charge in [0.25, 0.3) is 0 Å². The van der Waals surface area contributed by atoms with Crippen molar-refractivity contribution in [3.05, 3.63) is 22.7 Å². The van der Waals surface area contributed by atoms with E-state index in [1.807, 2.05) is 11.0 Å². The molecule has 0 unspecified atom stereocenters.